The Balaban J connectivity index is 1.50. The highest BCUT2D eigenvalue weighted by Crippen LogP contribution is 2.36. The van der Waals surface area contributed by atoms with Crippen LogP contribution in [-0.4, -0.2) is 53.8 Å². The molecule has 0 bridgehead atoms. The minimum absolute atomic E-state index is 0.0523. The van der Waals surface area contributed by atoms with E-state index < -0.39 is 0 Å². The van der Waals surface area contributed by atoms with Gasteiger partial charge < -0.3 is 23.4 Å². The van der Waals surface area contributed by atoms with Gasteiger partial charge in [-0.15, -0.1) is 0 Å². The van der Waals surface area contributed by atoms with E-state index in [-0.39, 0.29) is 12.0 Å². The van der Waals surface area contributed by atoms with Crippen molar-refractivity contribution in [3.05, 3.63) is 59.9 Å². The van der Waals surface area contributed by atoms with Gasteiger partial charge in [0.1, 0.15) is 23.4 Å². The molecular weight excluding hydrogens is 444 g/mol. The molecular formula is C27H26N4O4. The number of nitriles is 1. The number of carbonyl (C=O) groups excluding carboxylic acids is 1. The molecule has 5 rings (SSSR count). The van der Waals surface area contributed by atoms with E-state index in [1.165, 1.54) is 0 Å². The summed E-state index contributed by atoms with van der Waals surface area (Å²) in [5, 5.41) is 9.78. The number of hydrogen-bond acceptors (Lipinski definition) is 6. The van der Waals surface area contributed by atoms with Crippen molar-refractivity contribution in [3.8, 4) is 34.4 Å². The molecule has 35 heavy (non-hydrogen) atoms. The van der Waals surface area contributed by atoms with Gasteiger partial charge in [-0.1, -0.05) is 6.07 Å². The predicted molar refractivity (Wildman–Crippen MR) is 131 cm³/mol. The van der Waals surface area contributed by atoms with Gasteiger partial charge in [-0.2, -0.15) is 5.26 Å². The first-order valence-corrected chi connectivity index (χ1v) is 11.5. The highest BCUT2D eigenvalue weighted by molar-refractivity contribution is 5.96. The van der Waals surface area contributed by atoms with Gasteiger partial charge >= 0.3 is 0 Å². The number of amides is 1. The van der Waals surface area contributed by atoms with E-state index in [1.807, 2.05) is 48.0 Å². The van der Waals surface area contributed by atoms with E-state index in [1.54, 1.807) is 31.4 Å². The number of aryl methyl sites for hydroxylation is 1. The molecule has 0 atom stereocenters. The van der Waals surface area contributed by atoms with Gasteiger partial charge in [-0.3, -0.25) is 9.78 Å². The van der Waals surface area contributed by atoms with Crippen LogP contribution in [0.2, 0.25) is 0 Å². The number of hydrogen-bond donors (Lipinski definition) is 0. The second kappa shape index (κ2) is 9.28. The van der Waals surface area contributed by atoms with Crippen molar-refractivity contribution in [3.63, 3.8) is 0 Å². The molecule has 1 aliphatic heterocycles. The van der Waals surface area contributed by atoms with Crippen LogP contribution in [0.4, 0.5) is 0 Å². The van der Waals surface area contributed by atoms with Crippen molar-refractivity contribution in [2.45, 2.75) is 18.9 Å². The molecule has 0 saturated carbocycles. The Morgan fingerprint density at radius 3 is 2.74 bits per heavy atom. The topological polar surface area (TPSA) is 93.5 Å². The first kappa shape index (κ1) is 22.7. The summed E-state index contributed by atoms with van der Waals surface area (Å²) in [6, 6.07) is 13.4. The van der Waals surface area contributed by atoms with Crippen LogP contribution in [0.1, 0.15) is 28.8 Å². The highest BCUT2D eigenvalue weighted by Gasteiger charge is 2.20. The predicted octanol–water partition coefficient (Wildman–Crippen LogP) is 4.63. The average Bonchev–Trinajstić information content (AvgIpc) is 3.47. The molecule has 3 aromatic heterocycles. The molecule has 0 spiro atoms. The Labute approximate surface area is 203 Å². The summed E-state index contributed by atoms with van der Waals surface area (Å²) < 4.78 is 19.6. The van der Waals surface area contributed by atoms with E-state index >= 15 is 0 Å². The number of ether oxygens (including phenoxy) is 2. The maximum atomic E-state index is 12.4. The summed E-state index contributed by atoms with van der Waals surface area (Å²) in [6.07, 6.45) is 5.19. The van der Waals surface area contributed by atoms with Crippen LogP contribution in [-0.2, 0) is 11.8 Å². The number of pyridine rings is 1. The first-order valence-electron chi connectivity index (χ1n) is 11.5. The summed E-state index contributed by atoms with van der Waals surface area (Å²) in [5.41, 5.74) is 4.81. The number of fused-ring (bicyclic) bond motifs is 1. The van der Waals surface area contributed by atoms with Gasteiger partial charge in [0.25, 0.3) is 5.91 Å². The first-order chi connectivity index (χ1) is 16.9. The number of carbonyl (C=O) groups is 1. The van der Waals surface area contributed by atoms with Crippen molar-refractivity contribution in [2.24, 2.45) is 7.05 Å². The maximum absolute atomic E-state index is 12.4. The lowest BCUT2D eigenvalue weighted by atomic mass is 10.0. The lowest BCUT2D eigenvalue weighted by molar-refractivity contribution is 0.0254. The van der Waals surface area contributed by atoms with Gasteiger partial charge in [0.2, 0.25) is 0 Å². The van der Waals surface area contributed by atoms with Crippen LogP contribution in [0.25, 0.3) is 33.7 Å². The van der Waals surface area contributed by atoms with Crippen molar-refractivity contribution >= 4 is 17.0 Å². The number of benzene rings is 1. The Bertz CT molecular complexity index is 1440. The average molecular weight is 471 g/mol. The van der Waals surface area contributed by atoms with Crippen LogP contribution >= 0.6 is 0 Å². The van der Waals surface area contributed by atoms with Crippen LogP contribution in [0.3, 0.4) is 0 Å². The Hall–Kier alpha value is -4.09. The molecule has 1 fully saturated rings. The van der Waals surface area contributed by atoms with E-state index in [0.717, 1.165) is 29.7 Å². The minimum Gasteiger partial charge on any atom is -0.489 e. The fourth-order valence-corrected chi connectivity index (χ4v) is 4.34. The monoisotopic (exact) mass is 470 g/mol. The minimum atomic E-state index is -0.0751. The van der Waals surface area contributed by atoms with Gasteiger partial charge in [-0.25, -0.2) is 0 Å². The summed E-state index contributed by atoms with van der Waals surface area (Å²) in [4.78, 5) is 18.4. The third-order valence-corrected chi connectivity index (χ3v) is 6.20. The molecule has 1 aromatic carbocycles. The van der Waals surface area contributed by atoms with Gasteiger partial charge in [0, 0.05) is 58.0 Å². The quantitative estimate of drug-likeness (QED) is 0.422. The van der Waals surface area contributed by atoms with Crippen LogP contribution in [0.15, 0.2) is 53.2 Å². The molecule has 4 aromatic rings. The zero-order valence-electron chi connectivity index (χ0n) is 19.9. The Morgan fingerprint density at radius 2 is 2.00 bits per heavy atom. The molecule has 8 heteroatoms. The number of nitrogens with zero attached hydrogens (tertiary/aromatic N) is 4. The molecule has 1 aliphatic rings. The molecule has 178 valence electrons. The van der Waals surface area contributed by atoms with E-state index in [9.17, 15) is 10.1 Å². The fraction of sp³-hybridized carbons (Fsp3) is 0.296. The number of furan rings is 1. The smallest absolute Gasteiger partial charge is 0.254 e. The molecule has 1 amide bonds. The van der Waals surface area contributed by atoms with E-state index in [2.05, 4.69) is 11.1 Å². The third-order valence-electron chi connectivity index (χ3n) is 6.20. The van der Waals surface area contributed by atoms with Crippen molar-refractivity contribution in [2.75, 3.05) is 27.3 Å². The fourth-order valence-electron chi connectivity index (χ4n) is 4.34. The van der Waals surface area contributed by atoms with Gasteiger partial charge in [0.15, 0.2) is 11.3 Å². The summed E-state index contributed by atoms with van der Waals surface area (Å²) in [6.45, 7) is 1.35. The standard InChI is InChI=1S/C27H26N4O4/c1-30(2)27(32)19-13-23(31(3)16-19)25-14-22-26(35-25)21(6-9-29-22)17-4-5-24(18(12-17)15-28)34-20-7-10-33-11-8-20/h4-6,9,12-14,16,20H,7-8,10-11H2,1-3H3. The third kappa shape index (κ3) is 4.38. The molecule has 1 saturated heterocycles. The SMILES string of the molecule is CN(C)C(=O)c1cc(-c2cc3nccc(-c4ccc(OC5CCOCC5)c(C#N)c4)c3o2)n(C)c1. The molecule has 8 nitrogen and oxygen atoms in total. The lowest BCUT2D eigenvalue weighted by Gasteiger charge is -2.23. The van der Waals surface area contributed by atoms with E-state index in [4.69, 9.17) is 13.9 Å². The van der Waals surface area contributed by atoms with E-state index in [0.29, 0.717) is 47.0 Å². The second-order valence-electron chi connectivity index (χ2n) is 8.86. The molecule has 0 aliphatic carbocycles. The Kier molecular flexibility index (Phi) is 6.01. The summed E-state index contributed by atoms with van der Waals surface area (Å²) >= 11 is 0. The summed E-state index contributed by atoms with van der Waals surface area (Å²) in [7, 11) is 5.32. The highest BCUT2D eigenvalue weighted by atomic mass is 16.5. The molecule has 4 heterocycles. The lowest BCUT2D eigenvalue weighted by Crippen LogP contribution is -2.26. The van der Waals surface area contributed by atoms with Crippen molar-refractivity contribution in [1.82, 2.24) is 14.5 Å². The number of rotatable bonds is 5. The van der Waals surface area contributed by atoms with Crippen LogP contribution < -0.4 is 4.74 Å². The normalized spacial score (nSPS) is 14.1. The molecule has 0 radical (unpaired) electrons. The zero-order chi connectivity index (χ0) is 24.5. The van der Waals surface area contributed by atoms with Crippen LogP contribution in [0.5, 0.6) is 5.75 Å². The maximum Gasteiger partial charge on any atom is 0.254 e. The Morgan fingerprint density at radius 1 is 1.20 bits per heavy atom. The van der Waals surface area contributed by atoms with Crippen molar-refractivity contribution < 1.29 is 18.7 Å². The molecule has 0 unspecified atom stereocenters. The number of aromatic nitrogens is 2. The largest absolute Gasteiger partial charge is 0.489 e. The van der Waals surface area contributed by atoms with Crippen molar-refractivity contribution in [1.29, 1.82) is 5.26 Å². The van der Waals surface area contributed by atoms with Gasteiger partial charge in [0.05, 0.1) is 30.0 Å². The van der Waals surface area contributed by atoms with Crippen LogP contribution in [0, 0.1) is 11.3 Å². The molecule has 0 N–H and O–H groups in total. The summed E-state index contributed by atoms with van der Waals surface area (Å²) in [5.74, 6) is 1.12. The second-order valence-corrected chi connectivity index (χ2v) is 8.86. The zero-order valence-corrected chi connectivity index (χ0v) is 19.9. The van der Waals surface area contributed by atoms with Gasteiger partial charge in [-0.05, 0) is 29.8 Å².